The van der Waals surface area contributed by atoms with Crippen molar-refractivity contribution in [2.24, 2.45) is 0 Å². The number of rotatable bonds is 2. The van der Waals surface area contributed by atoms with Gasteiger partial charge in [0.15, 0.2) is 0 Å². The molecule has 1 aromatic carbocycles. The maximum Gasteiger partial charge on any atom is 0.277 e. The molecule has 2 aromatic rings. The van der Waals surface area contributed by atoms with Gasteiger partial charge >= 0.3 is 0 Å². The summed E-state index contributed by atoms with van der Waals surface area (Å²) in [5.41, 5.74) is 2.72. The average molecular weight is 336 g/mol. The molecule has 4 rings (SSSR count). The van der Waals surface area contributed by atoms with Crippen LogP contribution < -0.4 is 9.80 Å². The predicted octanol–water partition coefficient (Wildman–Crippen LogP) is 3.45. The monoisotopic (exact) mass is 336 g/mol. The van der Waals surface area contributed by atoms with Gasteiger partial charge in [-0.2, -0.15) is 0 Å². The van der Waals surface area contributed by atoms with Gasteiger partial charge in [-0.05, 0) is 43.9 Å². The van der Waals surface area contributed by atoms with Gasteiger partial charge in [0.25, 0.3) is 5.91 Å². The first-order valence-electron chi connectivity index (χ1n) is 9.23. The third-order valence-electron chi connectivity index (χ3n) is 5.18. The van der Waals surface area contributed by atoms with Crippen molar-refractivity contribution in [1.29, 1.82) is 0 Å². The third-order valence-corrected chi connectivity index (χ3v) is 5.18. The number of amides is 1. The Labute approximate surface area is 148 Å². The molecule has 0 radical (unpaired) electrons. The van der Waals surface area contributed by atoms with E-state index >= 15 is 0 Å². The number of carbonyl (C=O) groups is 1. The van der Waals surface area contributed by atoms with Crippen LogP contribution in [-0.4, -0.2) is 35.0 Å². The number of nitrogens with zero attached hydrogens (tertiary/aromatic N) is 4. The molecule has 1 saturated heterocycles. The molecule has 130 valence electrons. The molecule has 2 aliphatic heterocycles. The molecule has 0 N–H and O–H groups in total. The predicted molar refractivity (Wildman–Crippen MR) is 99.1 cm³/mol. The van der Waals surface area contributed by atoms with E-state index in [1.165, 1.54) is 18.4 Å². The highest BCUT2D eigenvalue weighted by atomic mass is 16.2. The Morgan fingerprint density at radius 2 is 1.84 bits per heavy atom. The fraction of sp³-hybridized carbons (Fsp3) is 0.450. The molecule has 0 saturated carbocycles. The summed E-state index contributed by atoms with van der Waals surface area (Å²) in [6.45, 7) is 4.04. The van der Waals surface area contributed by atoms with Gasteiger partial charge in [0.1, 0.15) is 5.69 Å². The zero-order chi connectivity index (χ0) is 17.2. The number of aromatic nitrogens is 2. The number of hydrogen-bond acceptors (Lipinski definition) is 4. The Morgan fingerprint density at radius 3 is 2.64 bits per heavy atom. The minimum Gasteiger partial charge on any atom is -0.341 e. The molecule has 3 heterocycles. The molecule has 1 aromatic heterocycles. The van der Waals surface area contributed by atoms with E-state index in [0.29, 0.717) is 11.6 Å². The Kier molecular flexibility index (Phi) is 4.38. The summed E-state index contributed by atoms with van der Waals surface area (Å²) in [6.07, 6.45) is 7.46. The largest absolute Gasteiger partial charge is 0.341 e. The van der Waals surface area contributed by atoms with E-state index in [2.05, 4.69) is 27.9 Å². The van der Waals surface area contributed by atoms with Crippen LogP contribution in [0.2, 0.25) is 0 Å². The molecule has 25 heavy (non-hydrogen) atoms. The molecule has 1 fully saturated rings. The molecule has 1 amide bonds. The number of anilines is 2. The SMILES string of the molecule is CC1Cc2ccccc2N1C(=O)c1ccnc(N2CCCCCC2)n1. The first-order chi connectivity index (χ1) is 12.2. The first-order valence-corrected chi connectivity index (χ1v) is 9.23. The van der Waals surface area contributed by atoms with Crippen LogP contribution in [0, 0.1) is 0 Å². The van der Waals surface area contributed by atoms with E-state index in [0.717, 1.165) is 38.0 Å². The molecule has 1 unspecified atom stereocenters. The smallest absolute Gasteiger partial charge is 0.277 e. The van der Waals surface area contributed by atoms with Crippen LogP contribution in [0.15, 0.2) is 36.5 Å². The fourth-order valence-electron chi connectivity index (χ4n) is 3.89. The van der Waals surface area contributed by atoms with Gasteiger partial charge in [0.05, 0.1) is 0 Å². The van der Waals surface area contributed by atoms with E-state index < -0.39 is 0 Å². The summed E-state index contributed by atoms with van der Waals surface area (Å²) < 4.78 is 0. The van der Waals surface area contributed by atoms with Gasteiger partial charge in [-0.1, -0.05) is 31.0 Å². The van der Waals surface area contributed by atoms with Crippen molar-refractivity contribution in [1.82, 2.24) is 9.97 Å². The number of para-hydroxylation sites is 1. The molecule has 2 aliphatic rings. The summed E-state index contributed by atoms with van der Waals surface area (Å²) in [4.78, 5) is 26.3. The molecule has 0 spiro atoms. The van der Waals surface area contributed by atoms with E-state index in [4.69, 9.17) is 0 Å². The summed E-state index contributed by atoms with van der Waals surface area (Å²) in [6, 6.07) is 10.0. The van der Waals surface area contributed by atoms with Crippen molar-refractivity contribution >= 4 is 17.5 Å². The van der Waals surface area contributed by atoms with E-state index in [9.17, 15) is 4.79 Å². The molecule has 1 atom stereocenters. The second-order valence-electron chi connectivity index (χ2n) is 7.00. The lowest BCUT2D eigenvalue weighted by atomic mass is 10.1. The van der Waals surface area contributed by atoms with Gasteiger partial charge in [-0.15, -0.1) is 0 Å². The van der Waals surface area contributed by atoms with Crippen molar-refractivity contribution in [2.75, 3.05) is 22.9 Å². The van der Waals surface area contributed by atoms with E-state index in [1.807, 2.05) is 23.1 Å². The Morgan fingerprint density at radius 1 is 1.08 bits per heavy atom. The molecule has 0 aliphatic carbocycles. The maximum atomic E-state index is 13.1. The summed E-state index contributed by atoms with van der Waals surface area (Å²) >= 11 is 0. The zero-order valence-corrected chi connectivity index (χ0v) is 14.7. The van der Waals surface area contributed by atoms with Crippen molar-refractivity contribution in [3.05, 3.63) is 47.8 Å². The number of hydrogen-bond donors (Lipinski definition) is 0. The Balaban J connectivity index is 1.61. The zero-order valence-electron chi connectivity index (χ0n) is 14.7. The summed E-state index contributed by atoms with van der Waals surface area (Å²) in [5.74, 6) is 0.656. The highest BCUT2D eigenvalue weighted by Gasteiger charge is 2.32. The molecule has 0 bridgehead atoms. The Hall–Kier alpha value is -2.43. The number of benzene rings is 1. The van der Waals surface area contributed by atoms with E-state index in [-0.39, 0.29) is 11.9 Å². The maximum absolute atomic E-state index is 13.1. The highest BCUT2D eigenvalue weighted by Crippen LogP contribution is 2.32. The second kappa shape index (κ2) is 6.82. The van der Waals surface area contributed by atoms with Crippen molar-refractivity contribution < 1.29 is 4.79 Å². The third kappa shape index (κ3) is 3.11. The fourth-order valence-corrected chi connectivity index (χ4v) is 3.89. The standard InChI is InChI=1S/C20H24N4O/c1-15-14-16-8-4-5-9-18(16)24(15)19(25)17-10-11-21-20(22-17)23-12-6-2-3-7-13-23/h4-5,8-11,15H,2-3,6-7,12-14H2,1H3. The normalized spacial score (nSPS) is 20.3. The van der Waals surface area contributed by atoms with Crippen LogP contribution in [0.3, 0.4) is 0 Å². The van der Waals surface area contributed by atoms with Crippen LogP contribution in [0.25, 0.3) is 0 Å². The minimum absolute atomic E-state index is 0.0316. The van der Waals surface area contributed by atoms with E-state index in [1.54, 1.807) is 12.3 Å². The van der Waals surface area contributed by atoms with Gasteiger partial charge in [0.2, 0.25) is 5.95 Å². The molecule has 5 nitrogen and oxygen atoms in total. The van der Waals surface area contributed by atoms with Crippen LogP contribution in [0.4, 0.5) is 11.6 Å². The highest BCUT2D eigenvalue weighted by molar-refractivity contribution is 6.06. The van der Waals surface area contributed by atoms with Crippen molar-refractivity contribution in [3.8, 4) is 0 Å². The quantitative estimate of drug-likeness (QED) is 0.843. The van der Waals surface area contributed by atoms with Gasteiger partial charge in [-0.3, -0.25) is 4.79 Å². The molecular weight excluding hydrogens is 312 g/mol. The molecular formula is C20H24N4O. The average Bonchev–Trinajstić information content (AvgIpc) is 2.81. The van der Waals surface area contributed by atoms with Gasteiger partial charge in [-0.25, -0.2) is 9.97 Å². The lowest BCUT2D eigenvalue weighted by molar-refractivity contribution is 0.0976. The lowest BCUT2D eigenvalue weighted by Gasteiger charge is -2.24. The van der Waals surface area contributed by atoms with Crippen LogP contribution >= 0.6 is 0 Å². The van der Waals surface area contributed by atoms with Crippen molar-refractivity contribution in [2.45, 2.75) is 45.1 Å². The number of carbonyl (C=O) groups excluding carboxylic acids is 1. The lowest BCUT2D eigenvalue weighted by Crippen LogP contribution is -2.36. The van der Waals surface area contributed by atoms with Crippen LogP contribution in [0.5, 0.6) is 0 Å². The first kappa shape index (κ1) is 16.1. The van der Waals surface area contributed by atoms with Gasteiger partial charge < -0.3 is 9.80 Å². The minimum atomic E-state index is -0.0316. The molecule has 5 heteroatoms. The van der Waals surface area contributed by atoms with Gasteiger partial charge in [0, 0.05) is 31.0 Å². The summed E-state index contributed by atoms with van der Waals surface area (Å²) in [7, 11) is 0. The van der Waals surface area contributed by atoms with Crippen LogP contribution in [0.1, 0.15) is 48.7 Å². The summed E-state index contributed by atoms with van der Waals surface area (Å²) in [5, 5.41) is 0. The Bertz CT molecular complexity index is 768. The second-order valence-corrected chi connectivity index (χ2v) is 7.00. The van der Waals surface area contributed by atoms with Crippen LogP contribution in [-0.2, 0) is 6.42 Å². The van der Waals surface area contributed by atoms with Crippen molar-refractivity contribution in [3.63, 3.8) is 0 Å². The topological polar surface area (TPSA) is 49.3 Å². The number of fused-ring (bicyclic) bond motifs is 1.